The Morgan fingerprint density at radius 3 is 2.61 bits per heavy atom. The lowest BCUT2D eigenvalue weighted by Gasteiger charge is -2.17. The van der Waals surface area contributed by atoms with E-state index in [9.17, 15) is 13.6 Å². The molecule has 1 atom stereocenters. The van der Waals surface area contributed by atoms with Crippen LogP contribution in [0.15, 0.2) is 77.8 Å². The van der Waals surface area contributed by atoms with E-state index in [4.69, 9.17) is 4.74 Å². The van der Waals surface area contributed by atoms with E-state index in [-0.39, 0.29) is 11.5 Å². The van der Waals surface area contributed by atoms with Crippen LogP contribution in [0.25, 0.3) is 6.08 Å². The quantitative estimate of drug-likeness (QED) is 0.609. The molecule has 4 rings (SSSR count). The highest BCUT2D eigenvalue weighted by Crippen LogP contribution is 2.44. The van der Waals surface area contributed by atoms with Crippen LogP contribution in [-0.4, -0.2) is 23.6 Å². The highest BCUT2D eigenvalue weighted by molar-refractivity contribution is 6.12. The van der Waals surface area contributed by atoms with Crippen molar-refractivity contribution < 1.29 is 18.3 Å². The third-order valence-electron chi connectivity index (χ3n) is 4.68. The van der Waals surface area contributed by atoms with Crippen LogP contribution in [0.1, 0.15) is 28.8 Å². The summed E-state index contributed by atoms with van der Waals surface area (Å²) in [5, 5.41) is 0. The number of carbonyl (C=O) groups is 1. The Morgan fingerprint density at radius 1 is 1.07 bits per heavy atom. The van der Waals surface area contributed by atoms with E-state index in [0.29, 0.717) is 24.1 Å². The number of rotatable bonds is 7. The van der Waals surface area contributed by atoms with Crippen molar-refractivity contribution in [1.82, 2.24) is 0 Å². The summed E-state index contributed by atoms with van der Waals surface area (Å²) < 4.78 is 32.6. The molecule has 2 aromatic carbocycles. The molecule has 0 aromatic heterocycles. The highest BCUT2D eigenvalue weighted by atomic mass is 19.3. The summed E-state index contributed by atoms with van der Waals surface area (Å²) in [5.74, 6) is -0.981. The molecule has 142 valence electrons. The van der Waals surface area contributed by atoms with Gasteiger partial charge in [0.15, 0.2) is 5.78 Å². The number of aliphatic imine (C=N–C) groups is 1. The van der Waals surface area contributed by atoms with Crippen LogP contribution in [-0.2, 0) is 0 Å². The van der Waals surface area contributed by atoms with Gasteiger partial charge in [-0.1, -0.05) is 54.6 Å². The van der Waals surface area contributed by atoms with Crippen molar-refractivity contribution in [2.24, 2.45) is 10.9 Å². The second-order valence-corrected chi connectivity index (χ2v) is 6.93. The van der Waals surface area contributed by atoms with E-state index in [1.165, 1.54) is 12.1 Å². The number of halogens is 2. The fourth-order valence-electron chi connectivity index (χ4n) is 2.97. The molecule has 1 aliphatic carbocycles. The van der Waals surface area contributed by atoms with Crippen molar-refractivity contribution in [3.05, 3.63) is 84.0 Å². The van der Waals surface area contributed by atoms with E-state index in [1.54, 1.807) is 24.3 Å². The van der Waals surface area contributed by atoms with Gasteiger partial charge in [-0.2, -0.15) is 8.78 Å². The number of allylic oxidation sites excluding steroid dienone is 2. The molecule has 2 aromatic rings. The van der Waals surface area contributed by atoms with Gasteiger partial charge in [0.05, 0.1) is 11.6 Å². The summed E-state index contributed by atoms with van der Waals surface area (Å²) in [4.78, 5) is 17.1. The Morgan fingerprint density at radius 2 is 1.86 bits per heavy atom. The number of alkyl halides is 2. The van der Waals surface area contributed by atoms with E-state index < -0.39 is 18.1 Å². The molecule has 3 nitrogen and oxygen atoms in total. The molecular weight excluding hydrogens is 360 g/mol. The number of hydrogen-bond acceptors (Lipinski definition) is 3. The molecule has 2 aliphatic rings. The summed E-state index contributed by atoms with van der Waals surface area (Å²) in [6.07, 6.45) is 4.99. The summed E-state index contributed by atoms with van der Waals surface area (Å²) in [5.41, 5.74) is 2.03. The number of nitrogens with zero attached hydrogens (tertiary/aromatic N) is 1. The van der Waals surface area contributed by atoms with E-state index in [1.807, 2.05) is 42.5 Å². The predicted octanol–water partition coefficient (Wildman–Crippen LogP) is 5.34. The zero-order valence-electron chi connectivity index (χ0n) is 15.1. The minimum atomic E-state index is -3.19. The summed E-state index contributed by atoms with van der Waals surface area (Å²) in [6, 6.07) is 15.1. The fourth-order valence-corrected chi connectivity index (χ4v) is 2.97. The van der Waals surface area contributed by atoms with Crippen molar-refractivity contribution in [3.63, 3.8) is 0 Å². The van der Waals surface area contributed by atoms with Crippen LogP contribution in [0.4, 0.5) is 8.78 Å². The molecule has 0 spiro atoms. The van der Waals surface area contributed by atoms with Gasteiger partial charge >= 0.3 is 6.11 Å². The van der Waals surface area contributed by atoms with Gasteiger partial charge in [-0.15, -0.1) is 0 Å². The first-order valence-corrected chi connectivity index (χ1v) is 9.21. The Labute approximate surface area is 162 Å². The summed E-state index contributed by atoms with van der Waals surface area (Å²) >= 11 is 0. The lowest BCUT2D eigenvalue weighted by atomic mass is 10.0. The highest BCUT2D eigenvalue weighted by Gasteiger charge is 2.49. The maximum absolute atomic E-state index is 13.9. The number of ketones is 1. The van der Waals surface area contributed by atoms with Gasteiger partial charge in [0.2, 0.25) is 0 Å². The normalized spacial score (nSPS) is 19.1. The maximum Gasteiger partial charge on any atom is 0.400 e. The standard InChI is InChI=1S/C23H19F2NO2/c24-23(25,18-10-11-18)28-20-8-4-7-17(15-20)22(27)21-14-13-19(26-21)12-9-16-5-2-1-3-6-16/h1-9,12-15,18,21H,10-11H2/b12-9+. The predicted molar refractivity (Wildman–Crippen MR) is 105 cm³/mol. The molecule has 1 aliphatic heterocycles. The Bertz CT molecular complexity index is 960. The van der Waals surface area contributed by atoms with Gasteiger partial charge in [0.25, 0.3) is 0 Å². The molecule has 0 radical (unpaired) electrons. The second kappa shape index (κ2) is 7.50. The van der Waals surface area contributed by atoms with Gasteiger partial charge in [0.1, 0.15) is 11.8 Å². The number of hydrogen-bond donors (Lipinski definition) is 0. The zero-order valence-corrected chi connectivity index (χ0v) is 15.1. The third kappa shape index (κ3) is 4.25. The van der Waals surface area contributed by atoms with Crippen LogP contribution in [0, 0.1) is 5.92 Å². The van der Waals surface area contributed by atoms with Gasteiger partial charge in [-0.25, -0.2) is 0 Å². The van der Waals surface area contributed by atoms with Crippen molar-refractivity contribution >= 4 is 17.6 Å². The zero-order chi connectivity index (χ0) is 19.6. The minimum Gasteiger partial charge on any atom is -0.432 e. The lowest BCUT2D eigenvalue weighted by molar-refractivity contribution is -0.192. The molecule has 1 fully saturated rings. The van der Waals surface area contributed by atoms with E-state index in [2.05, 4.69) is 4.99 Å². The Balaban J connectivity index is 1.45. The van der Waals surface area contributed by atoms with E-state index in [0.717, 1.165) is 5.56 Å². The molecule has 5 heteroatoms. The van der Waals surface area contributed by atoms with Crippen molar-refractivity contribution in [3.8, 4) is 5.75 Å². The van der Waals surface area contributed by atoms with E-state index >= 15 is 0 Å². The molecule has 0 N–H and O–H groups in total. The van der Waals surface area contributed by atoms with Crippen LogP contribution in [0.2, 0.25) is 0 Å². The third-order valence-corrected chi connectivity index (χ3v) is 4.68. The van der Waals surface area contributed by atoms with Crippen LogP contribution < -0.4 is 4.74 Å². The number of benzene rings is 2. The van der Waals surface area contributed by atoms with Crippen LogP contribution in [0.3, 0.4) is 0 Å². The van der Waals surface area contributed by atoms with Gasteiger partial charge in [-0.05, 0) is 42.7 Å². The van der Waals surface area contributed by atoms with Crippen molar-refractivity contribution in [2.45, 2.75) is 25.0 Å². The molecule has 0 bridgehead atoms. The molecule has 1 heterocycles. The van der Waals surface area contributed by atoms with Gasteiger partial charge < -0.3 is 4.74 Å². The first-order chi connectivity index (χ1) is 13.5. The van der Waals surface area contributed by atoms with Crippen molar-refractivity contribution in [1.29, 1.82) is 0 Å². The summed E-state index contributed by atoms with van der Waals surface area (Å²) in [7, 11) is 0. The van der Waals surface area contributed by atoms with Crippen molar-refractivity contribution in [2.75, 3.05) is 0 Å². The largest absolute Gasteiger partial charge is 0.432 e. The number of carbonyl (C=O) groups excluding carboxylic acids is 1. The first-order valence-electron chi connectivity index (χ1n) is 9.21. The first kappa shape index (κ1) is 18.3. The smallest absolute Gasteiger partial charge is 0.400 e. The van der Waals surface area contributed by atoms with Gasteiger partial charge in [0, 0.05) is 5.56 Å². The lowest BCUT2D eigenvalue weighted by Crippen LogP contribution is -2.27. The molecular formula is C23H19F2NO2. The van der Waals surface area contributed by atoms with Crippen LogP contribution in [0.5, 0.6) is 5.75 Å². The molecule has 0 amide bonds. The van der Waals surface area contributed by atoms with Crippen LogP contribution >= 0.6 is 0 Å². The average Bonchev–Trinajstić information content (AvgIpc) is 3.46. The molecule has 28 heavy (non-hydrogen) atoms. The average molecular weight is 379 g/mol. The monoisotopic (exact) mass is 379 g/mol. The number of ether oxygens (including phenoxy) is 1. The minimum absolute atomic E-state index is 0.00194. The van der Waals surface area contributed by atoms with Gasteiger partial charge in [-0.3, -0.25) is 9.79 Å². The fraction of sp³-hybridized carbons (Fsp3) is 0.217. The maximum atomic E-state index is 13.9. The molecule has 1 unspecified atom stereocenters. The Kier molecular flexibility index (Phi) is 4.90. The number of Topliss-reactive ketones (excluding diaryl/α,β-unsaturated/α-hetero) is 1. The molecule has 0 saturated heterocycles. The Hall–Kier alpha value is -3.08. The summed E-state index contributed by atoms with van der Waals surface area (Å²) in [6.45, 7) is 0. The second-order valence-electron chi connectivity index (χ2n) is 6.93. The topological polar surface area (TPSA) is 38.7 Å². The SMILES string of the molecule is O=C(c1cccc(OC(F)(F)C2CC2)c1)C1C=CC(/C=C/c2ccccc2)=N1. The molecule has 1 saturated carbocycles.